The summed E-state index contributed by atoms with van der Waals surface area (Å²) >= 11 is 7.64. The zero-order valence-corrected chi connectivity index (χ0v) is 12.1. The van der Waals surface area contributed by atoms with Gasteiger partial charge in [0.25, 0.3) is 0 Å². The summed E-state index contributed by atoms with van der Waals surface area (Å²) in [6.07, 6.45) is 5.63. The number of fused-ring (bicyclic) bond motifs is 1. The van der Waals surface area contributed by atoms with Crippen molar-refractivity contribution in [2.45, 2.75) is 44.2 Å². The third-order valence-corrected chi connectivity index (χ3v) is 5.74. The highest BCUT2D eigenvalue weighted by molar-refractivity contribution is 7.16. The average molecular weight is 286 g/mol. The van der Waals surface area contributed by atoms with Crippen molar-refractivity contribution < 1.29 is 5.11 Å². The SMILES string of the molecule is OC12CCCCC1CN(Cc1ccc(Cl)s1)CC2. The fraction of sp³-hybridized carbons (Fsp3) is 0.714. The van der Waals surface area contributed by atoms with Crippen molar-refractivity contribution in [1.29, 1.82) is 0 Å². The number of halogens is 1. The minimum absolute atomic E-state index is 0.359. The van der Waals surface area contributed by atoms with Crippen molar-refractivity contribution in [3.63, 3.8) is 0 Å². The minimum Gasteiger partial charge on any atom is -0.390 e. The number of thiophene rings is 1. The number of nitrogens with zero attached hydrogens (tertiary/aromatic N) is 1. The second kappa shape index (κ2) is 5.12. The van der Waals surface area contributed by atoms with E-state index in [4.69, 9.17) is 11.6 Å². The van der Waals surface area contributed by atoms with E-state index in [-0.39, 0.29) is 5.60 Å². The number of rotatable bonds is 2. The van der Waals surface area contributed by atoms with Crippen molar-refractivity contribution >= 4 is 22.9 Å². The Labute approximate surface area is 118 Å². The molecule has 0 bridgehead atoms. The molecule has 1 saturated heterocycles. The smallest absolute Gasteiger partial charge is 0.0931 e. The van der Waals surface area contributed by atoms with Crippen LogP contribution in [0.3, 0.4) is 0 Å². The monoisotopic (exact) mass is 285 g/mol. The maximum Gasteiger partial charge on any atom is 0.0931 e. The lowest BCUT2D eigenvalue weighted by atomic mass is 9.71. The van der Waals surface area contributed by atoms with E-state index in [1.165, 1.54) is 24.1 Å². The fourth-order valence-electron chi connectivity index (χ4n) is 3.44. The first-order chi connectivity index (χ1) is 8.66. The van der Waals surface area contributed by atoms with Gasteiger partial charge in [-0.25, -0.2) is 0 Å². The Balaban J connectivity index is 1.63. The van der Waals surface area contributed by atoms with E-state index in [9.17, 15) is 5.11 Å². The van der Waals surface area contributed by atoms with Crippen LogP contribution in [0.15, 0.2) is 12.1 Å². The molecule has 0 radical (unpaired) electrons. The van der Waals surface area contributed by atoms with Gasteiger partial charge >= 0.3 is 0 Å². The molecule has 2 aliphatic rings. The van der Waals surface area contributed by atoms with E-state index in [2.05, 4.69) is 11.0 Å². The third-order valence-electron chi connectivity index (χ3n) is 4.52. The average Bonchev–Trinajstić information content (AvgIpc) is 2.75. The van der Waals surface area contributed by atoms with Gasteiger partial charge in [0.2, 0.25) is 0 Å². The van der Waals surface area contributed by atoms with Gasteiger partial charge in [0.15, 0.2) is 0 Å². The zero-order chi connectivity index (χ0) is 12.6. The molecular weight excluding hydrogens is 266 g/mol. The van der Waals surface area contributed by atoms with Gasteiger partial charge in [-0.15, -0.1) is 11.3 Å². The lowest BCUT2D eigenvalue weighted by molar-refractivity contribution is -0.0966. The second-order valence-electron chi connectivity index (χ2n) is 5.74. The van der Waals surface area contributed by atoms with Crippen LogP contribution in [0.2, 0.25) is 4.34 Å². The molecule has 4 heteroatoms. The maximum atomic E-state index is 10.6. The molecule has 1 N–H and O–H groups in total. The van der Waals surface area contributed by atoms with Gasteiger partial charge in [-0.05, 0) is 31.4 Å². The topological polar surface area (TPSA) is 23.5 Å². The van der Waals surface area contributed by atoms with Crippen molar-refractivity contribution in [3.8, 4) is 0 Å². The number of hydrogen-bond donors (Lipinski definition) is 1. The van der Waals surface area contributed by atoms with Crippen LogP contribution in [-0.4, -0.2) is 28.7 Å². The lowest BCUT2D eigenvalue weighted by Gasteiger charge is -2.47. The van der Waals surface area contributed by atoms with E-state index in [0.717, 1.165) is 36.8 Å². The van der Waals surface area contributed by atoms with Crippen molar-refractivity contribution in [1.82, 2.24) is 4.90 Å². The molecule has 3 rings (SSSR count). The van der Waals surface area contributed by atoms with E-state index in [1.807, 2.05) is 6.07 Å². The molecule has 2 fully saturated rings. The molecule has 1 aromatic heterocycles. The Hall–Kier alpha value is -0.0900. The molecule has 100 valence electrons. The molecule has 18 heavy (non-hydrogen) atoms. The molecule has 2 atom stereocenters. The predicted molar refractivity (Wildman–Crippen MR) is 76.1 cm³/mol. The fourth-order valence-corrected chi connectivity index (χ4v) is 4.57. The third kappa shape index (κ3) is 2.60. The Morgan fingerprint density at radius 2 is 2.28 bits per heavy atom. The molecule has 1 aliphatic heterocycles. The Morgan fingerprint density at radius 3 is 3.06 bits per heavy atom. The molecule has 2 unspecified atom stereocenters. The van der Waals surface area contributed by atoms with E-state index in [0.29, 0.717) is 5.92 Å². The zero-order valence-electron chi connectivity index (χ0n) is 10.6. The summed E-state index contributed by atoms with van der Waals surface area (Å²) in [5, 5.41) is 10.6. The predicted octanol–water partition coefficient (Wildman–Crippen LogP) is 3.53. The number of piperidine rings is 1. The van der Waals surface area contributed by atoms with Crippen LogP contribution in [0.1, 0.15) is 37.0 Å². The Kier molecular flexibility index (Phi) is 3.68. The molecule has 0 aromatic carbocycles. The molecule has 1 saturated carbocycles. The number of likely N-dealkylation sites (tertiary alicyclic amines) is 1. The molecular formula is C14H20ClNOS. The highest BCUT2D eigenvalue weighted by Crippen LogP contribution is 2.40. The largest absolute Gasteiger partial charge is 0.390 e. The van der Waals surface area contributed by atoms with Crippen LogP contribution < -0.4 is 0 Å². The highest BCUT2D eigenvalue weighted by atomic mass is 35.5. The minimum atomic E-state index is -0.359. The molecule has 2 nitrogen and oxygen atoms in total. The molecule has 1 aromatic rings. The van der Waals surface area contributed by atoms with E-state index < -0.39 is 0 Å². The van der Waals surface area contributed by atoms with Crippen molar-refractivity contribution in [2.24, 2.45) is 5.92 Å². The summed E-state index contributed by atoms with van der Waals surface area (Å²) in [7, 11) is 0. The first-order valence-electron chi connectivity index (χ1n) is 6.85. The van der Waals surface area contributed by atoms with Gasteiger partial charge in [0.1, 0.15) is 0 Å². The quantitative estimate of drug-likeness (QED) is 0.899. The first kappa shape index (κ1) is 12.9. The standard InChI is InChI=1S/C14H20ClNOS/c15-13-5-4-12(18-13)10-16-8-7-14(17)6-2-1-3-11(14)9-16/h4-5,11,17H,1-3,6-10H2. The lowest BCUT2D eigenvalue weighted by Crippen LogP contribution is -2.52. The summed E-state index contributed by atoms with van der Waals surface area (Å²) in [6, 6.07) is 4.09. The number of hydrogen-bond acceptors (Lipinski definition) is 3. The highest BCUT2D eigenvalue weighted by Gasteiger charge is 2.42. The summed E-state index contributed by atoms with van der Waals surface area (Å²) in [4.78, 5) is 3.81. The number of aliphatic hydroxyl groups is 1. The van der Waals surface area contributed by atoms with Gasteiger partial charge in [0.05, 0.1) is 9.94 Å². The van der Waals surface area contributed by atoms with Crippen LogP contribution in [-0.2, 0) is 6.54 Å². The molecule has 1 aliphatic carbocycles. The van der Waals surface area contributed by atoms with Crippen LogP contribution >= 0.6 is 22.9 Å². The first-order valence-corrected chi connectivity index (χ1v) is 8.04. The molecule has 2 heterocycles. The van der Waals surface area contributed by atoms with Crippen molar-refractivity contribution in [3.05, 3.63) is 21.3 Å². The summed E-state index contributed by atoms with van der Waals surface area (Å²) in [6.45, 7) is 3.05. The van der Waals surface area contributed by atoms with Crippen LogP contribution in [0.4, 0.5) is 0 Å². The van der Waals surface area contributed by atoms with Crippen molar-refractivity contribution in [2.75, 3.05) is 13.1 Å². The van der Waals surface area contributed by atoms with E-state index in [1.54, 1.807) is 11.3 Å². The van der Waals surface area contributed by atoms with Crippen LogP contribution in [0.25, 0.3) is 0 Å². The summed E-state index contributed by atoms with van der Waals surface area (Å²) < 4.78 is 0.871. The van der Waals surface area contributed by atoms with Gasteiger partial charge in [-0.1, -0.05) is 24.4 Å². The normalized spacial score (nSPS) is 33.3. The maximum absolute atomic E-state index is 10.6. The Morgan fingerprint density at radius 1 is 1.39 bits per heavy atom. The van der Waals surface area contributed by atoms with Gasteiger partial charge < -0.3 is 5.11 Å². The van der Waals surface area contributed by atoms with Gasteiger partial charge in [-0.2, -0.15) is 0 Å². The van der Waals surface area contributed by atoms with Gasteiger partial charge in [-0.3, -0.25) is 4.90 Å². The molecule has 0 spiro atoms. The van der Waals surface area contributed by atoms with Crippen LogP contribution in [0.5, 0.6) is 0 Å². The summed E-state index contributed by atoms with van der Waals surface area (Å²) in [5.74, 6) is 0.482. The Bertz CT molecular complexity index is 422. The second-order valence-corrected chi connectivity index (χ2v) is 7.54. The molecule has 0 amide bonds. The van der Waals surface area contributed by atoms with Crippen LogP contribution in [0, 0.1) is 5.92 Å². The van der Waals surface area contributed by atoms with Gasteiger partial charge in [0, 0.05) is 30.4 Å². The summed E-state index contributed by atoms with van der Waals surface area (Å²) in [5.41, 5.74) is -0.359. The van der Waals surface area contributed by atoms with E-state index >= 15 is 0 Å².